The summed E-state index contributed by atoms with van der Waals surface area (Å²) >= 11 is 0. The third kappa shape index (κ3) is 3.72. The molecule has 1 atom stereocenters. The van der Waals surface area contributed by atoms with E-state index in [0.717, 1.165) is 19.4 Å². The summed E-state index contributed by atoms with van der Waals surface area (Å²) in [6.45, 7) is 10.9. The Bertz CT molecular complexity index is 261. The van der Waals surface area contributed by atoms with Gasteiger partial charge in [-0.05, 0) is 32.1 Å². The summed E-state index contributed by atoms with van der Waals surface area (Å²) < 4.78 is 17.5. The smallest absolute Gasteiger partial charge is 0.267 e. The van der Waals surface area contributed by atoms with Gasteiger partial charge in [0.1, 0.15) is 0 Å². The second kappa shape index (κ2) is 3.62. The maximum atomic E-state index is 11.9. The van der Waals surface area contributed by atoms with Crippen LogP contribution in [-0.4, -0.2) is 18.8 Å². The molecular weight excluding hydrogens is 197 g/mol. The van der Waals surface area contributed by atoms with E-state index >= 15 is 0 Å². The van der Waals surface area contributed by atoms with Crippen LogP contribution in [0.3, 0.4) is 0 Å². The molecule has 14 heavy (non-hydrogen) atoms. The van der Waals surface area contributed by atoms with Crippen molar-refractivity contribution in [3.8, 4) is 0 Å². The average molecular weight is 219 g/mol. The maximum Gasteiger partial charge on any atom is 0.267 e. The summed E-state index contributed by atoms with van der Waals surface area (Å²) in [4.78, 5) is 0. The van der Waals surface area contributed by atoms with Gasteiger partial charge in [0.2, 0.25) is 0 Å². The van der Waals surface area contributed by atoms with E-state index in [1.54, 1.807) is 6.66 Å². The molecule has 1 fully saturated rings. The third-order valence-corrected chi connectivity index (χ3v) is 4.17. The van der Waals surface area contributed by atoms with Gasteiger partial charge in [-0.1, -0.05) is 13.8 Å². The number of nitrogens with one attached hydrogen (secondary N) is 1. The Labute approximate surface area is 87.1 Å². The molecule has 1 saturated heterocycles. The van der Waals surface area contributed by atoms with Crippen LogP contribution >= 0.6 is 7.52 Å². The fourth-order valence-corrected chi connectivity index (χ4v) is 3.96. The van der Waals surface area contributed by atoms with Crippen molar-refractivity contribution in [2.75, 3.05) is 13.2 Å². The van der Waals surface area contributed by atoms with Gasteiger partial charge in [-0.25, -0.2) is 5.09 Å². The molecule has 0 radical (unpaired) electrons. The van der Waals surface area contributed by atoms with Crippen LogP contribution in [0.4, 0.5) is 0 Å². The first kappa shape index (κ1) is 12.2. The number of rotatable bonds is 0. The molecule has 3 nitrogen and oxygen atoms in total. The lowest BCUT2D eigenvalue weighted by molar-refractivity contribution is 0.0481. The highest BCUT2D eigenvalue weighted by atomic mass is 31.2. The molecule has 0 aromatic carbocycles. The number of hydrogen-bond donors (Lipinski definition) is 1. The predicted molar refractivity (Wildman–Crippen MR) is 59.7 cm³/mol. The minimum Gasteiger partial charge on any atom is -0.312 e. The Morgan fingerprint density at radius 1 is 1.29 bits per heavy atom. The zero-order valence-electron chi connectivity index (χ0n) is 9.89. The molecule has 1 aliphatic rings. The van der Waals surface area contributed by atoms with Gasteiger partial charge in [0.05, 0.1) is 5.60 Å². The lowest BCUT2D eigenvalue weighted by Crippen LogP contribution is -2.37. The first-order chi connectivity index (χ1) is 6.12. The molecule has 4 heteroatoms. The van der Waals surface area contributed by atoms with Gasteiger partial charge in [-0.3, -0.25) is 4.57 Å². The van der Waals surface area contributed by atoms with Gasteiger partial charge < -0.3 is 4.52 Å². The van der Waals surface area contributed by atoms with Crippen LogP contribution in [0.5, 0.6) is 0 Å². The van der Waals surface area contributed by atoms with Crippen molar-refractivity contribution < 1.29 is 9.09 Å². The van der Waals surface area contributed by atoms with E-state index in [1.807, 2.05) is 13.8 Å². The second-order valence-electron chi connectivity index (χ2n) is 5.70. The Morgan fingerprint density at radius 3 is 2.43 bits per heavy atom. The molecular formula is C10H22NO2P. The normalized spacial score (nSPS) is 37.2. The number of hydrogen-bond acceptors (Lipinski definition) is 2. The third-order valence-electron chi connectivity index (χ3n) is 2.53. The van der Waals surface area contributed by atoms with E-state index in [9.17, 15) is 4.57 Å². The molecule has 0 aromatic heterocycles. The highest BCUT2D eigenvalue weighted by Crippen LogP contribution is 2.48. The highest BCUT2D eigenvalue weighted by molar-refractivity contribution is 7.56. The van der Waals surface area contributed by atoms with Gasteiger partial charge in [-0.2, -0.15) is 0 Å². The standard InChI is InChI=1S/C10H22NO2P/c1-9(2)6-7-11-14(5,12)13-10(3,4)8-9/h6-8H2,1-5H3,(H,11,12). The second-order valence-corrected chi connectivity index (χ2v) is 7.89. The van der Waals surface area contributed by atoms with Crippen LogP contribution < -0.4 is 5.09 Å². The van der Waals surface area contributed by atoms with Crippen molar-refractivity contribution in [2.24, 2.45) is 5.41 Å². The monoisotopic (exact) mass is 219 g/mol. The Kier molecular flexibility index (Phi) is 3.16. The highest BCUT2D eigenvalue weighted by Gasteiger charge is 2.36. The lowest BCUT2D eigenvalue weighted by atomic mass is 9.79. The zero-order valence-corrected chi connectivity index (χ0v) is 10.8. The Morgan fingerprint density at radius 2 is 1.86 bits per heavy atom. The quantitative estimate of drug-likeness (QED) is 0.636. The molecule has 0 aliphatic carbocycles. The van der Waals surface area contributed by atoms with E-state index in [2.05, 4.69) is 18.9 Å². The van der Waals surface area contributed by atoms with Gasteiger partial charge >= 0.3 is 0 Å². The summed E-state index contributed by atoms with van der Waals surface area (Å²) in [5.41, 5.74) is -0.0574. The fraction of sp³-hybridized carbons (Fsp3) is 1.00. The van der Waals surface area contributed by atoms with Crippen molar-refractivity contribution in [3.63, 3.8) is 0 Å². The van der Waals surface area contributed by atoms with Crippen LogP contribution in [0.2, 0.25) is 0 Å². The molecule has 0 aromatic rings. The molecule has 1 rings (SSSR count). The SMILES string of the molecule is CC1(C)CCNP(C)(=O)OC(C)(C)C1. The average Bonchev–Trinajstić information content (AvgIpc) is 1.75. The summed E-state index contributed by atoms with van der Waals surface area (Å²) in [5, 5.41) is 3.01. The fourth-order valence-electron chi connectivity index (χ4n) is 2.37. The largest absolute Gasteiger partial charge is 0.312 e. The van der Waals surface area contributed by atoms with Crippen LogP contribution in [0, 0.1) is 5.41 Å². The zero-order chi connectivity index (χ0) is 11.0. The van der Waals surface area contributed by atoms with Crippen molar-refractivity contribution in [2.45, 2.75) is 46.1 Å². The van der Waals surface area contributed by atoms with E-state index in [0.29, 0.717) is 0 Å². The van der Waals surface area contributed by atoms with Gasteiger partial charge in [0.25, 0.3) is 7.52 Å². The topological polar surface area (TPSA) is 38.3 Å². The molecule has 84 valence electrons. The first-order valence-electron chi connectivity index (χ1n) is 5.15. The minimum absolute atomic E-state index is 0.247. The molecule has 1 aliphatic heterocycles. The molecule has 0 saturated carbocycles. The van der Waals surface area contributed by atoms with Crippen molar-refractivity contribution in [3.05, 3.63) is 0 Å². The molecule has 0 spiro atoms. The van der Waals surface area contributed by atoms with Crippen molar-refractivity contribution >= 4 is 7.52 Å². The maximum absolute atomic E-state index is 11.9. The lowest BCUT2D eigenvalue weighted by Gasteiger charge is -2.39. The van der Waals surface area contributed by atoms with Gasteiger partial charge in [-0.15, -0.1) is 0 Å². The first-order valence-corrected chi connectivity index (χ1v) is 7.23. The van der Waals surface area contributed by atoms with E-state index in [4.69, 9.17) is 4.52 Å². The van der Waals surface area contributed by atoms with E-state index in [1.165, 1.54) is 0 Å². The van der Waals surface area contributed by atoms with E-state index < -0.39 is 7.52 Å². The van der Waals surface area contributed by atoms with Crippen molar-refractivity contribution in [1.29, 1.82) is 0 Å². The molecule has 0 bridgehead atoms. The summed E-state index contributed by atoms with van der Waals surface area (Å²) in [6, 6.07) is 0. The molecule has 1 heterocycles. The van der Waals surface area contributed by atoms with Gasteiger partial charge in [0, 0.05) is 13.2 Å². The van der Waals surface area contributed by atoms with Crippen LogP contribution in [0.1, 0.15) is 40.5 Å². The molecule has 0 amide bonds. The Hall–Kier alpha value is 0.150. The molecule has 1 unspecified atom stereocenters. The minimum atomic E-state index is -2.59. The Balaban J connectivity index is 2.81. The van der Waals surface area contributed by atoms with Crippen LogP contribution in [-0.2, 0) is 9.09 Å². The summed E-state index contributed by atoms with van der Waals surface area (Å²) in [6.07, 6.45) is 1.98. The predicted octanol–water partition coefficient (Wildman–Crippen LogP) is 3.01. The van der Waals surface area contributed by atoms with Crippen LogP contribution in [0.25, 0.3) is 0 Å². The van der Waals surface area contributed by atoms with Crippen LogP contribution in [0.15, 0.2) is 0 Å². The molecule has 1 N–H and O–H groups in total. The van der Waals surface area contributed by atoms with Crippen molar-refractivity contribution in [1.82, 2.24) is 5.09 Å². The van der Waals surface area contributed by atoms with E-state index in [-0.39, 0.29) is 11.0 Å². The summed E-state index contributed by atoms with van der Waals surface area (Å²) in [5.74, 6) is 0. The summed E-state index contributed by atoms with van der Waals surface area (Å²) in [7, 11) is -2.59. The van der Waals surface area contributed by atoms with Gasteiger partial charge in [0.15, 0.2) is 0 Å².